The number of rotatable bonds is 37. The average molecular weight is 640 g/mol. The standard InChI is InChI=1S/C40H81NO4/c1-3-5-7-9-11-13-15-16-17-18-19-20-21-22-23-25-26-28-30-32-34-38(43)37(36-42)41-40(45)39(44)35-33-31-29-27-24-14-12-10-8-6-4-2/h37-39,42-44H,3-36H2,1-2H3,(H,41,45). The molecular formula is C40H81NO4. The number of hydrogen-bond donors (Lipinski definition) is 4. The van der Waals surface area contributed by atoms with Gasteiger partial charge in [-0.1, -0.05) is 213 Å². The van der Waals surface area contributed by atoms with Gasteiger partial charge in [0.25, 0.3) is 0 Å². The minimum atomic E-state index is -1.07. The zero-order valence-electron chi connectivity index (χ0n) is 30.5. The molecule has 0 aliphatic rings. The fourth-order valence-electron chi connectivity index (χ4n) is 6.49. The maximum atomic E-state index is 12.4. The molecule has 0 rings (SSSR count). The van der Waals surface area contributed by atoms with E-state index in [1.807, 2.05) is 0 Å². The maximum absolute atomic E-state index is 12.4. The van der Waals surface area contributed by atoms with E-state index < -0.39 is 24.2 Å². The monoisotopic (exact) mass is 640 g/mol. The van der Waals surface area contributed by atoms with E-state index in [2.05, 4.69) is 19.2 Å². The highest BCUT2D eigenvalue weighted by molar-refractivity contribution is 5.80. The first-order valence-corrected chi connectivity index (χ1v) is 20.3. The van der Waals surface area contributed by atoms with Crippen molar-refractivity contribution in [2.24, 2.45) is 0 Å². The first-order valence-electron chi connectivity index (χ1n) is 20.3. The summed E-state index contributed by atoms with van der Waals surface area (Å²) in [5, 5.41) is 33.2. The minimum Gasteiger partial charge on any atom is -0.394 e. The Kier molecular flexibility index (Phi) is 35.7. The van der Waals surface area contributed by atoms with Crippen LogP contribution < -0.4 is 5.32 Å². The molecule has 3 atom stereocenters. The Morgan fingerprint density at radius 3 is 1.00 bits per heavy atom. The van der Waals surface area contributed by atoms with Gasteiger partial charge in [0.1, 0.15) is 6.10 Å². The van der Waals surface area contributed by atoms with Crippen molar-refractivity contribution < 1.29 is 20.1 Å². The molecule has 5 heteroatoms. The number of aliphatic hydroxyl groups excluding tert-OH is 3. The normalized spacial score (nSPS) is 13.6. The summed E-state index contributed by atoms with van der Waals surface area (Å²) in [5.74, 6) is -0.469. The molecular weight excluding hydrogens is 558 g/mol. The van der Waals surface area contributed by atoms with E-state index in [4.69, 9.17) is 0 Å². The van der Waals surface area contributed by atoms with Crippen molar-refractivity contribution in [3.8, 4) is 0 Å². The van der Waals surface area contributed by atoms with Crippen LogP contribution in [-0.2, 0) is 4.79 Å². The van der Waals surface area contributed by atoms with E-state index in [0.29, 0.717) is 12.8 Å². The Morgan fingerprint density at radius 2 is 0.711 bits per heavy atom. The van der Waals surface area contributed by atoms with Crippen molar-refractivity contribution in [3.63, 3.8) is 0 Å². The predicted octanol–water partition coefficient (Wildman–Crippen LogP) is 11.1. The summed E-state index contributed by atoms with van der Waals surface area (Å²) in [7, 11) is 0. The van der Waals surface area contributed by atoms with Gasteiger partial charge >= 0.3 is 0 Å². The minimum absolute atomic E-state index is 0.308. The van der Waals surface area contributed by atoms with Gasteiger partial charge in [0.15, 0.2) is 0 Å². The summed E-state index contributed by atoms with van der Waals surface area (Å²) in [6.45, 7) is 4.23. The Balaban J connectivity index is 3.58. The summed E-state index contributed by atoms with van der Waals surface area (Å²) in [6, 6.07) is -0.704. The molecule has 270 valence electrons. The van der Waals surface area contributed by atoms with E-state index in [-0.39, 0.29) is 6.61 Å². The summed E-state index contributed by atoms with van der Waals surface area (Å²) in [6.07, 6.45) is 39.5. The first kappa shape index (κ1) is 44.4. The molecule has 0 aromatic carbocycles. The lowest BCUT2D eigenvalue weighted by molar-refractivity contribution is -0.131. The van der Waals surface area contributed by atoms with Crippen molar-refractivity contribution in [1.82, 2.24) is 5.32 Å². The third-order valence-corrected chi connectivity index (χ3v) is 9.73. The molecule has 0 fully saturated rings. The molecule has 45 heavy (non-hydrogen) atoms. The zero-order chi connectivity index (χ0) is 33.1. The van der Waals surface area contributed by atoms with E-state index in [1.165, 1.54) is 167 Å². The smallest absolute Gasteiger partial charge is 0.249 e. The van der Waals surface area contributed by atoms with Gasteiger partial charge in [0.2, 0.25) is 5.91 Å². The zero-order valence-corrected chi connectivity index (χ0v) is 30.5. The Bertz CT molecular complexity index is 587. The molecule has 0 heterocycles. The molecule has 0 saturated heterocycles. The summed E-state index contributed by atoms with van der Waals surface area (Å²) < 4.78 is 0. The third-order valence-electron chi connectivity index (χ3n) is 9.73. The second-order valence-electron chi connectivity index (χ2n) is 14.2. The van der Waals surface area contributed by atoms with Crippen LogP contribution in [0.1, 0.15) is 226 Å². The highest BCUT2D eigenvalue weighted by Gasteiger charge is 2.23. The number of nitrogens with one attached hydrogen (secondary N) is 1. The van der Waals surface area contributed by atoms with Gasteiger partial charge in [0.05, 0.1) is 18.8 Å². The molecule has 1 amide bonds. The van der Waals surface area contributed by atoms with Crippen molar-refractivity contribution in [1.29, 1.82) is 0 Å². The Morgan fingerprint density at radius 1 is 0.444 bits per heavy atom. The average Bonchev–Trinajstić information content (AvgIpc) is 3.04. The van der Waals surface area contributed by atoms with Gasteiger partial charge in [-0.25, -0.2) is 0 Å². The van der Waals surface area contributed by atoms with Gasteiger partial charge in [-0.2, -0.15) is 0 Å². The molecule has 0 aromatic heterocycles. The molecule has 0 aromatic rings. The third kappa shape index (κ3) is 31.7. The van der Waals surface area contributed by atoms with E-state index in [1.54, 1.807) is 0 Å². The van der Waals surface area contributed by atoms with Gasteiger partial charge in [-0.15, -0.1) is 0 Å². The Hall–Kier alpha value is -0.650. The predicted molar refractivity (Wildman–Crippen MR) is 195 cm³/mol. The SMILES string of the molecule is CCCCCCCCCCCCCCCCCCCCCCC(O)C(CO)NC(=O)C(O)CCCCCCCCCCCCC. The van der Waals surface area contributed by atoms with Crippen molar-refractivity contribution in [2.75, 3.05) is 6.61 Å². The molecule has 3 unspecified atom stereocenters. The van der Waals surface area contributed by atoms with Crippen LogP contribution in [0.2, 0.25) is 0 Å². The first-order chi connectivity index (χ1) is 22.1. The number of carbonyl (C=O) groups is 1. The van der Waals surface area contributed by atoms with Crippen LogP contribution in [0.15, 0.2) is 0 Å². The molecule has 4 N–H and O–H groups in total. The molecule has 0 bridgehead atoms. The topological polar surface area (TPSA) is 89.8 Å². The van der Waals surface area contributed by atoms with Crippen LogP contribution in [0.5, 0.6) is 0 Å². The Labute approximate surface area is 281 Å². The van der Waals surface area contributed by atoms with Crippen LogP contribution in [0.25, 0.3) is 0 Å². The summed E-state index contributed by atoms with van der Waals surface area (Å²) in [5.41, 5.74) is 0. The lowest BCUT2D eigenvalue weighted by Crippen LogP contribution is -2.49. The van der Waals surface area contributed by atoms with Crippen LogP contribution in [-0.4, -0.2) is 46.1 Å². The van der Waals surface area contributed by atoms with Crippen LogP contribution >= 0.6 is 0 Å². The quantitative estimate of drug-likeness (QED) is 0.0509. The van der Waals surface area contributed by atoms with E-state index in [0.717, 1.165) is 32.1 Å². The molecule has 0 saturated carbocycles. The second-order valence-corrected chi connectivity index (χ2v) is 14.2. The number of amides is 1. The number of carbonyl (C=O) groups excluding carboxylic acids is 1. The number of unbranched alkanes of at least 4 members (excludes halogenated alkanes) is 29. The van der Waals surface area contributed by atoms with E-state index >= 15 is 0 Å². The molecule has 0 aliphatic heterocycles. The van der Waals surface area contributed by atoms with Crippen molar-refractivity contribution in [3.05, 3.63) is 0 Å². The van der Waals surface area contributed by atoms with Crippen LogP contribution in [0, 0.1) is 0 Å². The molecule has 0 radical (unpaired) electrons. The fraction of sp³-hybridized carbons (Fsp3) is 0.975. The lowest BCUT2D eigenvalue weighted by Gasteiger charge is -2.23. The molecule has 0 aliphatic carbocycles. The van der Waals surface area contributed by atoms with Gasteiger partial charge < -0.3 is 20.6 Å². The highest BCUT2D eigenvalue weighted by Crippen LogP contribution is 2.16. The van der Waals surface area contributed by atoms with Gasteiger partial charge in [0, 0.05) is 0 Å². The van der Waals surface area contributed by atoms with Crippen molar-refractivity contribution in [2.45, 2.75) is 244 Å². The highest BCUT2D eigenvalue weighted by atomic mass is 16.3. The van der Waals surface area contributed by atoms with Gasteiger partial charge in [-0.3, -0.25) is 4.79 Å². The van der Waals surface area contributed by atoms with Crippen molar-refractivity contribution >= 4 is 5.91 Å². The summed E-state index contributed by atoms with van der Waals surface area (Å²) >= 11 is 0. The van der Waals surface area contributed by atoms with Crippen LogP contribution in [0.4, 0.5) is 0 Å². The maximum Gasteiger partial charge on any atom is 0.249 e. The number of aliphatic hydroxyl groups is 3. The lowest BCUT2D eigenvalue weighted by atomic mass is 10.0. The van der Waals surface area contributed by atoms with Gasteiger partial charge in [-0.05, 0) is 12.8 Å². The second kappa shape index (κ2) is 36.2. The number of hydrogen-bond acceptors (Lipinski definition) is 4. The van der Waals surface area contributed by atoms with Crippen LogP contribution in [0.3, 0.4) is 0 Å². The fourth-order valence-corrected chi connectivity index (χ4v) is 6.49. The largest absolute Gasteiger partial charge is 0.394 e. The molecule has 5 nitrogen and oxygen atoms in total. The molecule has 0 spiro atoms. The summed E-state index contributed by atoms with van der Waals surface area (Å²) in [4.78, 5) is 12.4. The van der Waals surface area contributed by atoms with E-state index in [9.17, 15) is 20.1 Å².